The zero-order chi connectivity index (χ0) is 15.2. The average Bonchev–Trinajstić information content (AvgIpc) is 2.70. The first-order valence-electron chi connectivity index (χ1n) is 7.12. The highest BCUT2D eigenvalue weighted by Gasteiger charge is 2.30. The van der Waals surface area contributed by atoms with Crippen molar-refractivity contribution in [2.24, 2.45) is 0 Å². The van der Waals surface area contributed by atoms with E-state index in [0.29, 0.717) is 0 Å². The molecule has 0 aliphatic carbocycles. The Hall–Kier alpha value is -1.32. The third-order valence-corrected chi connectivity index (χ3v) is 4.54. The third kappa shape index (κ3) is 2.85. The van der Waals surface area contributed by atoms with Gasteiger partial charge in [0.2, 0.25) is 0 Å². The molecule has 1 aliphatic heterocycles. The standard InChI is InChI=1S/C18H19BrO2/c1-11-4-6-14(15(19)8-11)17(20)12-5-7-16-13(9-12)10-18(2,3)21-16/h4-9,17,20H,10H2,1-3H3. The van der Waals surface area contributed by atoms with Crippen LogP contribution in [0.3, 0.4) is 0 Å². The van der Waals surface area contributed by atoms with Gasteiger partial charge in [-0.3, -0.25) is 0 Å². The molecule has 1 N–H and O–H groups in total. The lowest BCUT2D eigenvalue weighted by Gasteiger charge is -2.16. The highest BCUT2D eigenvalue weighted by molar-refractivity contribution is 9.10. The highest BCUT2D eigenvalue weighted by atomic mass is 79.9. The summed E-state index contributed by atoms with van der Waals surface area (Å²) in [5.74, 6) is 0.930. The van der Waals surface area contributed by atoms with E-state index in [1.165, 1.54) is 11.1 Å². The molecule has 110 valence electrons. The lowest BCUT2D eigenvalue weighted by molar-refractivity contribution is 0.138. The fourth-order valence-corrected chi connectivity index (χ4v) is 3.54. The minimum absolute atomic E-state index is 0.156. The van der Waals surface area contributed by atoms with Gasteiger partial charge in [-0.15, -0.1) is 0 Å². The van der Waals surface area contributed by atoms with E-state index in [9.17, 15) is 5.11 Å². The molecular formula is C18H19BrO2. The summed E-state index contributed by atoms with van der Waals surface area (Å²) in [6, 6.07) is 12.0. The maximum absolute atomic E-state index is 10.7. The summed E-state index contributed by atoms with van der Waals surface area (Å²) in [5, 5.41) is 10.7. The summed E-state index contributed by atoms with van der Waals surface area (Å²) in [6.07, 6.45) is 0.242. The van der Waals surface area contributed by atoms with Crippen LogP contribution in [0.2, 0.25) is 0 Å². The Morgan fingerprint density at radius 2 is 1.95 bits per heavy atom. The van der Waals surface area contributed by atoms with Gasteiger partial charge in [-0.2, -0.15) is 0 Å². The predicted molar refractivity (Wildman–Crippen MR) is 87.8 cm³/mol. The van der Waals surface area contributed by atoms with Gasteiger partial charge in [0.15, 0.2) is 0 Å². The molecule has 2 nitrogen and oxygen atoms in total. The molecule has 0 aromatic heterocycles. The molecule has 0 fully saturated rings. The van der Waals surface area contributed by atoms with Crippen molar-refractivity contribution in [3.05, 3.63) is 63.1 Å². The Morgan fingerprint density at radius 1 is 1.19 bits per heavy atom. The van der Waals surface area contributed by atoms with Crippen molar-refractivity contribution in [3.8, 4) is 5.75 Å². The number of hydrogen-bond donors (Lipinski definition) is 1. The van der Waals surface area contributed by atoms with Crippen molar-refractivity contribution < 1.29 is 9.84 Å². The molecule has 0 amide bonds. The predicted octanol–water partition coefficient (Wildman–Crippen LogP) is 4.55. The Balaban J connectivity index is 1.95. The van der Waals surface area contributed by atoms with Crippen LogP contribution in [0.5, 0.6) is 5.75 Å². The molecule has 0 saturated heterocycles. The monoisotopic (exact) mass is 346 g/mol. The molecule has 2 aromatic carbocycles. The Labute approximate surface area is 133 Å². The number of aliphatic hydroxyl groups excluding tert-OH is 1. The van der Waals surface area contributed by atoms with Crippen LogP contribution in [0.1, 0.15) is 42.2 Å². The molecule has 1 heterocycles. The van der Waals surface area contributed by atoms with Gasteiger partial charge in [-0.25, -0.2) is 0 Å². The van der Waals surface area contributed by atoms with E-state index >= 15 is 0 Å². The van der Waals surface area contributed by atoms with Crippen molar-refractivity contribution in [1.82, 2.24) is 0 Å². The van der Waals surface area contributed by atoms with Gasteiger partial charge in [0.1, 0.15) is 17.5 Å². The first-order chi connectivity index (χ1) is 9.85. The molecule has 0 saturated carbocycles. The van der Waals surface area contributed by atoms with Crippen LogP contribution < -0.4 is 4.74 Å². The van der Waals surface area contributed by atoms with Gasteiger partial charge in [-0.1, -0.05) is 34.1 Å². The van der Waals surface area contributed by atoms with Crippen molar-refractivity contribution in [2.75, 3.05) is 0 Å². The van der Waals surface area contributed by atoms with Gasteiger partial charge in [-0.05, 0) is 61.2 Å². The quantitative estimate of drug-likeness (QED) is 0.863. The van der Waals surface area contributed by atoms with Crippen LogP contribution in [-0.4, -0.2) is 10.7 Å². The summed E-state index contributed by atoms with van der Waals surface area (Å²) in [6.45, 7) is 6.20. The normalized spacial score (nSPS) is 17.2. The van der Waals surface area contributed by atoms with Gasteiger partial charge < -0.3 is 9.84 Å². The van der Waals surface area contributed by atoms with Crippen molar-refractivity contribution in [2.45, 2.75) is 38.9 Å². The van der Waals surface area contributed by atoms with Crippen LogP contribution in [0.4, 0.5) is 0 Å². The van der Waals surface area contributed by atoms with E-state index in [1.54, 1.807) is 0 Å². The third-order valence-electron chi connectivity index (χ3n) is 3.85. The molecule has 0 bridgehead atoms. The second kappa shape index (κ2) is 5.15. The van der Waals surface area contributed by atoms with Gasteiger partial charge >= 0.3 is 0 Å². The number of fused-ring (bicyclic) bond motifs is 1. The summed E-state index contributed by atoms with van der Waals surface area (Å²) >= 11 is 3.54. The van der Waals surface area contributed by atoms with Crippen LogP contribution in [0.15, 0.2) is 40.9 Å². The Bertz CT molecular complexity index is 692. The van der Waals surface area contributed by atoms with Crippen LogP contribution in [-0.2, 0) is 6.42 Å². The van der Waals surface area contributed by atoms with E-state index in [0.717, 1.165) is 27.8 Å². The van der Waals surface area contributed by atoms with Crippen molar-refractivity contribution in [3.63, 3.8) is 0 Å². The van der Waals surface area contributed by atoms with Crippen molar-refractivity contribution >= 4 is 15.9 Å². The minimum atomic E-state index is -0.631. The number of hydrogen-bond acceptors (Lipinski definition) is 2. The zero-order valence-corrected chi connectivity index (χ0v) is 14.1. The SMILES string of the molecule is Cc1ccc(C(O)c2ccc3c(c2)CC(C)(C)O3)c(Br)c1. The topological polar surface area (TPSA) is 29.5 Å². The Kier molecular flexibility index (Phi) is 3.58. The Morgan fingerprint density at radius 3 is 2.67 bits per heavy atom. The zero-order valence-electron chi connectivity index (χ0n) is 12.5. The molecule has 1 atom stereocenters. The first-order valence-corrected chi connectivity index (χ1v) is 7.91. The number of ether oxygens (including phenoxy) is 1. The summed E-state index contributed by atoms with van der Waals surface area (Å²) < 4.78 is 6.82. The van der Waals surface area contributed by atoms with Gasteiger partial charge in [0, 0.05) is 10.9 Å². The fraction of sp³-hybridized carbons (Fsp3) is 0.333. The molecule has 0 spiro atoms. The van der Waals surface area contributed by atoms with E-state index < -0.39 is 6.10 Å². The number of benzene rings is 2. The summed E-state index contributed by atoms with van der Waals surface area (Å²) in [4.78, 5) is 0. The number of aliphatic hydroxyl groups is 1. The molecule has 3 rings (SSSR count). The van der Waals surface area contributed by atoms with Gasteiger partial charge in [0.25, 0.3) is 0 Å². The van der Waals surface area contributed by atoms with Gasteiger partial charge in [0.05, 0.1) is 0 Å². The largest absolute Gasteiger partial charge is 0.487 e. The summed E-state index contributed by atoms with van der Waals surface area (Å²) in [5.41, 5.74) is 3.97. The molecule has 1 aliphatic rings. The smallest absolute Gasteiger partial charge is 0.123 e. The lowest BCUT2D eigenvalue weighted by atomic mass is 9.96. The number of aryl methyl sites for hydroxylation is 1. The maximum Gasteiger partial charge on any atom is 0.123 e. The average molecular weight is 347 g/mol. The van der Waals surface area contributed by atoms with Crippen LogP contribution >= 0.6 is 15.9 Å². The number of halogens is 1. The molecule has 1 unspecified atom stereocenters. The maximum atomic E-state index is 10.7. The van der Waals surface area contributed by atoms with E-state index in [4.69, 9.17) is 4.74 Å². The molecule has 0 radical (unpaired) electrons. The minimum Gasteiger partial charge on any atom is -0.487 e. The lowest BCUT2D eigenvalue weighted by Crippen LogP contribution is -2.24. The van der Waals surface area contributed by atoms with Crippen LogP contribution in [0, 0.1) is 6.92 Å². The second-order valence-electron chi connectivity index (χ2n) is 6.33. The van der Waals surface area contributed by atoms with Crippen LogP contribution in [0.25, 0.3) is 0 Å². The van der Waals surface area contributed by atoms with Crippen molar-refractivity contribution in [1.29, 1.82) is 0 Å². The van der Waals surface area contributed by atoms with E-state index in [-0.39, 0.29) is 5.60 Å². The molecular weight excluding hydrogens is 328 g/mol. The van der Waals surface area contributed by atoms with E-state index in [1.807, 2.05) is 37.3 Å². The molecule has 21 heavy (non-hydrogen) atoms. The second-order valence-corrected chi connectivity index (χ2v) is 7.19. The fourth-order valence-electron chi connectivity index (χ4n) is 2.83. The summed E-state index contributed by atoms with van der Waals surface area (Å²) in [7, 11) is 0. The number of rotatable bonds is 2. The first kappa shape index (κ1) is 14.6. The molecule has 3 heteroatoms. The highest BCUT2D eigenvalue weighted by Crippen LogP contribution is 2.38. The van der Waals surface area contributed by atoms with E-state index in [2.05, 4.69) is 35.8 Å². The molecule has 2 aromatic rings.